The number of halogens is 2. The van der Waals surface area contributed by atoms with Crippen LogP contribution in [-0.4, -0.2) is 31.6 Å². The van der Waals surface area contributed by atoms with Gasteiger partial charge in [-0.3, -0.25) is 9.59 Å². The number of rotatable bonds is 2. The summed E-state index contributed by atoms with van der Waals surface area (Å²) in [6.07, 6.45) is -0.348. The summed E-state index contributed by atoms with van der Waals surface area (Å²) < 4.78 is 6.65. The second-order valence-electron chi connectivity index (χ2n) is 6.85. The van der Waals surface area contributed by atoms with Crippen molar-refractivity contribution in [3.63, 3.8) is 0 Å². The first-order valence-electron chi connectivity index (χ1n) is 8.63. The first-order chi connectivity index (χ1) is 13.0. The quantitative estimate of drug-likeness (QED) is 0.736. The first-order valence-corrected chi connectivity index (χ1v) is 9.80. The second-order valence-corrected chi connectivity index (χ2v) is 8.21. The fourth-order valence-corrected chi connectivity index (χ4v) is 4.94. The predicted octanol–water partition coefficient (Wildman–Crippen LogP) is 3.61. The van der Waals surface area contributed by atoms with E-state index in [-0.39, 0.29) is 24.8 Å². The highest BCUT2D eigenvalue weighted by Gasteiger charge is 2.59. The molecular formula is C20H18BrClN2O3. The van der Waals surface area contributed by atoms with Crippen molar-refractivity contribution in [1.29, 1.82) is 0 Å². The Morgan fingerprint density at radius 1 is 1.22 bits per heavy atom. The normalized spacial score (nSPS) is 27.1. The Morgan fingerprint density at radius 2 is 2.04 bits per heavy atom. The van der Waals surface area contributed by atoms with Gasteiger partial charge in [-0.1, -0.05) is 45.7 Å². The van der Waals surface area contributed by atoms with E-state index < -0.39 is 17.4 Å². The van der Waals surface area contributed by atoms with Crippen molar-refractivity contribution in [2.45, 2.75) is 23.9 Å². The molecule has 2 N–H and O–H groups in total. The van der Waals surface area contributed by atoms with Gasteiger partial charge in [0.05, 0.1) is 6.10 Å². The van der Waals surface area contributed by atoms with Gasteiger partial charge in [0.2, 0.25) is 11.8 Å². The van der Waals surface area contributed by atoms with Gasteiger partial charge in [0.25, 0.3) is 0 Å². The molecule has 2 aliphatic rings. The summed E-state index contributed by atoms with van der Waals surface area (Å²) in [5, 5.41) is 6.45. The number of anilines is 1. The average molecular weight is 450 g/mol. The Morgan fingerprint density at radius 3 is 2.78 bits per heavy atom. The zero-order chi connectivity index (χ0) is 19.2. The number of amides is 2. The van der Waals surface area contributed by atoms with Crippen molar-refractivity contribution in [1.82, 2.24) is 5.32 Å². The molecule has 2 aromatic carbocycles. The van der Waals surface area contributed by atoms with E-state index in [9.17, 15) is 9.59 Å². The fraction of sp³-hybridized carbons (Fsp3) is 0.300. The maximum absolute atomic E-state index is 13.4. The number of nitrogens with one attached hydrogen (secondary N) is 2. The molecule has 0 aliphatic carbocycles. The third-order valence-electron chi connectivity index (χ3n) is 5.52. The Kier molecular flexibility index (Phi) is 4.74. The third-order valence-corrected chi connectivity index (χ3v) is 6.25. The highest BCUT2D eigenvalue weighted by molar-refractivity contribution is 9.10. The fourth-order valence-electron chi connectivity index (χ4n) is 4.38. The maximum Gasteiger partial charge on any atom is 0.238 e. The van der Waals surface area contributed by atoms with Gasteiger partial charge in [0, 0.05) is 41.2 Å². The lowest BCUT2D eigenvalue weighted by molar-refractivity contribution is -0.127. The van der Waals surface area contributed by atoms with Crippen LogP contribution >= 0.6 is 27.5 Å². The monoisotopic (exact) mass is 448 g/mol. The van der Waals surface area contributed by atoms with Gasteiger partial charge in [-0.25, -0.2) is 0 Å². The second kappa shape index (κ2) is 6.93. The van der Waals surface area contributed by atoms with Crippen LogP contribution in [0.15, 0.2) is 46.9 Å². The minimum atomic E-state index is -1.03. The molecule has 0 aromatic heterocycles. The Hall–Kier alpha value is -1.89. The van der Waals surface area contributed by atoms with Crippen molar-refractivity contribution in [2.24, 2.45) is 0 Å². The Bertz CT molecular complexity index is 935. The minimum absolute atomic E-state index is 0.114. The largest absolute Gasteiger partial charge is 0.378 e. The van der Waals surface area contributed by atoms with Gasteiger partial charge in [-0.2, -0.15) is 0 Å². The summed E-state index contributed by atoms with van der Waals surface area (Å²) in [6, 6.07) is 13.1. The topological polar surface area (TPSA) is 67.4 Å². The first kappa shape index (κ1) is 18.5. The van der Waals surface area contributed by atoms with Crippen molar-refractivity contribution < 1.29 is 14.3 Å². The minimum Gasteiger partial charge on any atom is -0.378 e. The van der Waals surface area contributed by atoms with E-state index in [1.165, 1.54) is 0 Å². The number of methoxy groups -OCH3 is 1. The highest BCUT2D eigenvalue weighted by Crippen LogP contribution is 2.53. The van der Waals surface area contributed by atoms with Crippen LogP contribution in [0.4, 0.5) is 5.69 Å². The van der Waals surface area contributed by atoms with E-state index in [1.54, 1.807) is 13.2 Å². The summed E-state index contributed by atoms with van der Waals surface area (Å²) in [4.78, 5) is 25.9. The average Bonchev–Trinajstić information content (AvgIpc) is 2.81. The molecule has 2 heterocycles. The molecule has 1 spiro atoms. The van der Waals surface area contributed by atoms with Crippen molar-refractivity contribution in [3.8, 4) is 0 Å². The van der Waals surface area contributed by atoms with Crippen LogP contribution in [0, 0.1) is 0 Å². The van der Waals surface area contributed by atoms with Crippen LogP contribution in [-0.2, 0) is 19.7 Å². The zero-order valence-corrected chi connectivity index (χ0v) is 16.9. The molecule has 3 atom stereocenters. The number of carbonyl (C=O) groups is 2. The van der Waals surface area contributed by atoms with Crippen LogP contribution in [0.1, 0.15) is 23.5 Å². The lowest BCUT2D eigenvalue weighted by Gasteiger charge is -2.39. The number of hydrogen-bond donors (Lipinski definition) is 2. The molecule has 0 bridgehead atoms. The van der Waals surface area contributed by atoms with Crippen LogP contribution in [0.3, 0.4) is 0 Å². The SMILES string of the molecule is COC1CNC(=O)CC(c2cccc(Cl)c2)C12C(=O)Nc1cc(Br)ccc12. The molecule has 5 nitrogen and oxygen atoms in total. The van der Waals surface area contributed by atoms with E-state index in [0.717, 1.165) is 21.3 Å². The molecule has 2 aliphatic heterocycles. The van der Waals surface area contributed by atoms with Gasteiger partial charge in [0.15, 0.2) is 0 Å². The third kappa shape index (κ3) is 2.87. The van der Waals surface area contributed by atoms with E-state index in [0.29, 0.717) is 5.02 Å². The Balaban J connectivity index is 2.00. The van der Waals surface area contributed by atoms with Crippen molar-refractivity contribution >= 4 is 45.0 Å². The number of fused-ring (bicyclic) bond motifs is 2. The highest BCUT2D eigenvalue weighted by atomic mass is 79.9. The van der Waals surface area contributed by atoms with Gasteiger partial charge < -0.3 is 15.4 Å². The van der Waals surface area contributed by atoms with Gasteiger partial charge in [0.1, 0.15) is 5.41 Å². The molecule has 1 saturated heterocycles. The Labute approximate surface area is 170 Å². The van der Waals surface area contributed by atoms with Gasteiger partial charge in [-0.15, -0.1) is 0 Å². The van der Waals surface area contributed by atoms with E-state index >= 15 is 0 Å². The van der Waals surface area contributed by atoms with Crippen LogP contribution < -0.4 is 10.6 Å². The predicted molar refractivity (Wildman–Crippen MR) is 107 cm³/mol. The molecule has 7 heteroatoms. The van der Waals surface area contributed by atoms with Gasteiger partial charge >= 0.3 is 0 Å². The van der Waals surface area contributed by atoms with Crippen LogP contribution in [0.2, 0.25) is 5.02 Å². The molecule has 1 fully saturated rings. The molecule has 140 valence electrons. The molecular weight excluding hydrogens is 432 g/mol. The number of hydrogen-bond acceptors (Lipinski definition) is 3. The molecule has 27 heavy (non-hydrogen) atoms. The number of ether oxygens (including phenoxy) is 1. The van der Waals surface area contributed by atoms with E-state index in [2.05, 4.69) is 26.6 Å². The van der Waals surface area contributed by atoms with Crippen molar-refractivity contribution in [3.05, 3.63) is 63.1 Å². The van der Waals surface area contributed by atoms with E-state index in [1.807, 2.05) is 36.4 Å². The summed E-state index contributed by atoms with van der Waals surface area (Å²) in [6.45, 7) is 0.259. The summed E-state index contributed by atoms with van der Waals surface area (Å²) >= 11 is 9.68. The smallest absolute Gasteiger partial charge is 0.238 e. The maximum atomic E-state index is 13.4. The molecule has 0 radical (unpaired) electrons. The molecule has 2 amide bonds. The van der Waals surface area contributed by atoms with Crippen LogP contribution in [0.5, 0.6) is 0 Å². The summed E-state index contributed by atoms with van der Waals surface area (Å²) in [5.41, 5.74) is 1.38. The number of carbonyl (C=O) groups excluding carboxylic acids is 2. The standard InChI is InChI=1S/C20H18BrClN2O3/c1-27-17-10-23-18(25)9-15(11-3-2-4-13(22)7-11)20(17)14-6-5-12(21)8-16(14)24-19(20)26/h2-8,15,17H,9-10H2,1H3,(H,23,25)(H,24,26). The van der Waals surface area contributed by atoms with Gasteiger partial charge in [-0.05, 0) is 35.4 Å². The zero-order valence-electron chi connectivity index (χ0n) is 14.6. The summed E-state index contributed by atoms with van der Waals surface area (Å²) in [7, 11) is 1.57. The lowest BCUT2D eigenvalue weighted by atomic mass is 9.64. The number of benzene rings is 2. The molecule has 4 rings (SSSR count). The molecule has 2 aromatic rings. The lowest BCUT2D eigenvalue weighted by Crippen LogP contribution is -2.52. The van der Waals surface area contributed by atoms with Crippen molar-refractivity contribution in [2.75, 3.05) is 19.0 Å². The van der Waals surface area contributed by atoms with Crippen LogP contribution in [0.25, 0.3) is 0 Å². The summed E-state index contributed by atoms with van der Waals surface area (Å²) in [5.74, 6) is -0.688. The molecule has 0 saturated carbocycles. The molecule has 3 unspecified atom stereocenters. The van der Waals surface area contributed by atoms with E-state index in [4.69, 9.17) is 16.3 Å².